The van der Waals surface area contributed by atoms with Crippen molar-refractivity contribution < 1.29 is 18.3 Å². The zero-order valence-electron chi connectivity index (χ0n) is 9.28. The molecule has 1 heterocycles. The third-order valence-corrected chi connectivity index (χ3v) is 2.54. The summed E-state index contributed by atoms with van der Waals surface area (Å²) >= 11 is 0. The highest BCUT2D eigenvalue weighted by Gasteiger charge is 2.31. The van der Waals surface area contributed by atoms with E-state index in [2.05, 4.69) is 4.98 Å². The average molecular weight is 253 g/mol. The van der Waals surface area contributed by atoms with Gasteiger partial charge in [0.25, 0.3) is 0 Å². The van der Waals surface area contributed by atoms with Crippen LogP contribution in [0.5, 0.6) is 0 Å². The van der Waals surface area contributed by atoms with Crippen molar-refractivity contribution in [3.05, 3.63) is 53.7 Å². The van der Waals surface area contributed by atoms with Crippen LogP contribution >= 0.6 is 0 Å². The van der Waals surface area contributed by atoms with E-state index in [1.165, 1.54) is 6.07 Å². The highest BCUT2D eigenvalue weighted by Crippen LogP contribution is 2.32. The second-order valence-corrected chi connectivity index (χ2v) is 3.74. The summed E-state index contributed by atoms with van der Waals surface area (Å²) < 4.78 is 37.6. The number of hydrogen-bond acceptors (Lipinski definition) is 2. The largest absolute Gasteiger partial charge is 0.416 e. The second kappa shape index (κ2) is 4.78. The van der Waals surface area contributed by atoms with Gasteiger partial charge >= 0.3 is 6.18 Å². The number of aromatic nitrogens is 1. The molecule has 0 aliphatic heterocycles. The number of hydrogen-bond donors (Lipinski definition) is 1. The van der Waals surface area contributed by atoms with Gasteiger partial charge in [-0.2, -0.15) is 13.2 Å². The summed E-state index contributed by atoms with van der Waals surface area (Å²) in [7, 11) is 0. The van der Waals surface area contributed by atoms with Gasteiger partial charge < -0.3 is 5.11 Å². The smallest absolute Gasteiger partial charge is 0.392 e. The van der Waals surface area contributed by atoms with E-state index in [-0.39, 0.29) is 5.56 Å². The highest BCUT2D eigenvalue weighted by molar-refractivity contribution is 5.64. The molecule has 2 rings (SSSR count). The third-order valence-electron chi connectivity index (χ3n) is 2.54. The quantitative estimate of drug-likeness (QED) is 0.891. The Morgan fingerprint density at radius 2 is 1.89 bits per heavy atom. The zero-order valence-corrected chi connectivity index (χ0v) is 9.28. The van der Waals surface area contributed by atoms with E-state index in [0.29, 0.717) is 11.3 Å². The van der Waals surface area contributed by atoms with Crippen molar-refractivity contribution in [3.63, 3.8) is 0 Å². The molecule has 0 bridgehead atoms. The van der Waals surface area contributed by atoms with Crippen molar-refractivity contribution in [1.29, 1.82) is 0 Å². The minimum atomic E-state index is -4.41. The third kappa shape index (κ3) is 2.51. The number of aliphatic hydroxyl groups is 1. The Hall–Kier alpha value is -1.88. The first kappa shape index (κ1) is 12.6. The fourth-order valence-corrected chi connectivity index (χ4v) is 1.67. The van der Waals surface area contributed by atoms with Gasteiger partial charge in [0.15, 0.2) is 0 Å². The average Bonchev–Trinajstić information content (AvgIpc) is 2.38. The van der Waals surface area contributed by atoms with Gasteiger partial charge in [-0.1, -0.05) is 12.1 Å². The van der Waals surface area contributed by atoms with Crippen LogP contribution < -0.4 is 0 Å². The van der Waals surface area contributed by atoms with Crippen molar-refractivity contribution in [2.45, 2.75) is 12.8 Å². The van der Waals surface area contributed by atoms with E-state index in [1.807, 2.05) is 0 Å². The van der Waals surface area contributed by atoms with Crippen molar-refractivity contribution in [2.24, 2.45) is 0 Å². The number of halogens is 3. The maximum Gasteiger partial charge on any atom is 0.416 e. The molecule has 1 aromatic carbocycles. The van der Waals surface area contributed by atoms with Crippen LogP contribution in [0.2, 0.25) is 0 Å². The summed E-state index contributed by atoms with van der Waals surface area (Å²) in [5.41, 5.74) is 0.483. The Bertz CT molecular complexity index is 538. The lowest BCUT2D eigenvalue weighted by Crippen LogP contribution is -2.06. The van der Waals surface area contributed by atoms with E-state index in [4.69, 9.17) is 0 Å². The Morgan fingerprint density at radius 3 is 2.44 bits per heavy atom. The Labute approximate surface area is 102 Å². The Morgan fingerprint density at radius 1 is 1.11 bits per heavy atom. The summed E-state index contributed by atoms with van der Waals surface area (Å²) in [4.78, 5) is 4.06. The molecular formula is C13H10F3NO. The minimum Gasteiger partial charge on any atom is -0.392 e. The lowest BCUT2D eigenvalue weighted by atomic mass is 10.0. The number of rotatable bonds is 2. The van der Waals surface area contributed by atoms with E-state index in [1.54, 1.807) is 24.4 Å². The second-order valence-electron chi connectivity index (χ2n) is 3.74. The molecule has 94 valence electrons. The van der Waals surface area contributed by atoms with Gasteiger partial charge in [0.05, 0.1) is 17.9 Å². The van der Waals surface area contributed by atoms with Crippen LogP contribution in [-0.2, 0) is 12.8 Å². The molecule has 0 amide bonds. The van der Waals surface area contributed by atoms with E-state index in [9.17, 15) is 18.3 Å². The van der Waals surface area contributed by atoms with Crippen LogP contribution in [0.1, 0.15) is 11.1 Å². The van der Waals surface area contributed by atoms with Crippen molar-refractivity contribution in [1.82, 2.24) is 4.98 Å². The van der Waals surface area contributed by atoms with Crippen molar-refractivity contribution in [2.75, 3.05) is 0 Å². The molecule has 0 spiro atoms. The van der Waals surface area contributed by atoms with E-state index >= 15 is 0 Å². The number of pyridine rings is 1. The SMILES string of the molecule is OCc1cc(C(F)(F)F)ccc1-c1ccccn1. The van der Waals surface area contributed by atoms with E-state index < -0.39 is 18.3 Å². The molecular weight excluding hydrogens is 243 g/mol. The van der Waals surface area contributed by atoms with E-state index in [0.717, 1.165) is 12.1 Å². The van der Waals surface area contributed by atoms with Gasteiger partial charge in [-0.25, -0.2) is 0 Å². The maximum absolute atomic E-state index is 12.5. The fraction of sp³-hybridized carbons (Fsp3) is 0.154. The maximum atomic E-state index is 12.5. The molecule has 18 heavy (non-hydrogen) atoms. The molecule has 0 unspecified atom stereocenters. The minimum absolute atomic E-state index is 0.212. The van der Waals surface area contributed by atoms with Crippen molar-refractivity contribution in [3.8, 4) is 11.3 Å². The predicted octanol–water partition coefficient (Wildman–Crippen LogP) is 3.26. The van der Waals surface area contributed by atoms with Crippen LogP contribution in [0.25, 0.3) is 11.3 Å². The molecule has 0 aliphatic carbocycles. The van der Waals surface area contributed by atoms with Crippen LogP contribution in [0, 0.1) is 0 Å². The molecule has 5 heteroatoms. The molecule has 1 N–H and O–H groups in total. The topological polar surface area (TPSA) is 33.1 Å². The van der Waals surface area contributed by atoms with Crippen molar-refractivity contribution >= 4 is 0 Å². The monoisotopic (exact) mass is 253 g/mol. The molecule has 0 saturated heterocycles. The number of benzene rings is 1. The normalized spacial score (nSPS) is 11.6. The number of aliphatic hydroxyl groups excluding tert-OH is 1. The molecule has 2 nitrogen and oxygen atoms in total. The van der Waals surface area contributed by atoms with Gasteiger partial charge in [-0.15, -0.1) is 0 Å². The van der Waals surface area contributed by atoms with Crippen LogP contribution in [0.3, 0.4) is 0 Å². The fourth-order valence-electron chi connectivity index (χ4n) is 1.67. The summed E-state index contributed by atoms with van der Waals surface area (Å²) in [6, 6.07) is 8.40. The van der Waals surface area contributed by atoms with Gasteiger partial charge in [0, 0.05) is 11.8 Å². The summed E-state index contributed by atoms with van der Waals surface area (Å²) in [5, 5.41) is 9.17. The molecule has 1 aromatic heterocycles. The summed E-state index contributed by atoms with van der Waals surface area (Å²) in [6.07, 6.45) is -2.86. The van der Waals surface area contributed by atoms with Crippen LogP contribution in [0.15, 0.2) is 42.6 Å². The standard InChI is InChI=1S/C13H10F3NO/c14-13(15,16)10-4-5-11(9(7-10)8-18)12-3-1-2-6-17-12/h1-7,18H,8H2. The zero-order chi connectivity index (χ0) is 13.2. The molecule has 0 fully saturated rings. The molecule has 0 aliphatic rings. The van der Waals surface area contributed by atoms with Crippen LogP contribution in [-0.4, -0.2) is 10.1 Å². The highest BCUT2D eigenvalue weighted by atomic mass is 19.4. The first-order valence-corrected chi connectivity index (χ1v) is 5.25. The predicted molar refractivity (Wildman–Crippen MR) is 60.6 cm³/mol. The van der Waals surface area contributed by atoms with Gasteiger partial charge in [-0.05, 0) is 29.8 Å². The number of alkyl halides is 3. The van der Waals surface area contributed by atoms with Gasteiger partial charge in [0.2, 0.25) is 0 Å². The summed E-state index contributed by atoms with van der Waals surface area (Å²) in [5.74, 6) is 0. The molecule has 2 aromatic rings. The Balaban J connectivity index is 2.51. The Kier molecular flexibility index (Phi) is 3.34. The van der Waals surface area contributed by atoms with Crippen LogP contribution in [0.4, 0.5) is 13.2 Å². The molecule has 0 saturated carbocycles. The summed E-state index contributed by atoms with van der Waals surface area (Å²) in [6.45, 7) is -0.462. The van der Waals surface area contributed by atoms with Gasteiger partial charge in [0.1, 0.15) is 0 Å². The molecule has 0 atom stereocenters. The number of nitrogens with zero attached hydrogens (tertiary/aromatic N) is 1. The first-order chi connectivity index (χ1) is 8.52. The lowest BCUT2D eigenvalue weighted by molar-refractivity contribution is -0.137. The lowest BCUT2D eigenvalue weighted by Gasteiger charge is -2.11. The van der Waals surface area contributed by atoms with Gasteiger partial charge in [-0.3, -0.25) is 4.98 Å². The first-order valence-electron chi connectivity index (χ1n) is 5.25. The molecule has 0 radical (unpaired) electrons.